The predicted octanol–water partition coefficient (Wildman–Crippen LogP) is 4.45. The first-order valence-electron chi connectivity index (χ1n) is 5.49. The minimum Gasteiger partial charge on any atom is -0.464 e. The molecule has 1 N–H and O–H groups in total. The maximum atomic E-state index is 12.8. The van der Waals surface area contributed by atoms with E-state index in [-0.39, 0.29) is 15.9 Å². The molecule has 2 aromatic rings. The second-order valence-corrected chi connectivity index (χ2v) is 5.56. The van der Waals surface area contributed by atoms with Crippen LogP contribution in [0.5, 0.6) is 0 Å². The number of aromatic nitrogens is 1. The second kappa shape index (κ2) is 6.02. The van der Waals surface area contributed by atoms with Crippen molar-refractivity contribution in [1.29, 1.82) is 0 Å². The lowest BCUT2D eigenvalue weighted by Gasteiger charge is -2.11. The number of alkyl halides is 3. The minimum atomic E-state index is -4.46. The van der Waals surface area contributed by atoms with Gasteiger partial charge in [0.25, 0.3) is 0 Å². The molecule has 21 heavy (non-hydrogen) atoms. The summed E-state index contributed by atoms with van der Waals surface area (Å²) in [5.41, 5.74) is -0.480. The van der Waals surface area contributed by atoms with Crippen molar-refractivity contribution in [3.63, 3.8) is 0 Å². The molecule has 0 saturated heterocycles. The molecule has 1 aromatic carbocycles. The van der Waals surface area contributed by atoms with Gasteiger partial charge < -0.3 is 10.1 Å². The van der Waals surface area contributed by atoms with Crippen LogP contribution in [0.1, 0.15) is 16.1 Å². The van der Waals surface area contributed by atoms with Crippen molar-refractivity contribution < 1.29 is 22.7 Å². The fraction of sp³-hybridized carbons (Fsp3) is 0.167. The number of thiazole rings is 1. The van der Waals surface area contributed by atoms with E-state index in [0.29, 0.717) is 5.13 Å². The van der Waals surface area contributed by atoms with Crippen LogP contribution in [0.3, 0.4) is 0 Å². The average molecular weight is 381 g/mol. The molecule has 0 radical (unpaired) electrons. The monoisotopic (exact) mass is 380 g/mol. The second-order valence-electron chi connectivity index (χ2n) is 3.85. The van der Waals surface area contributed by atoms with Gasteiger partial charge in [0.15, 0.2) is 10.8 Å². The Morgan fingerprint density at radius 1 is 1.43 bits per heavy atom. The Bertz CT molecular complexity index is 673. The van der Waals surface area contributed by atoms with Gasteiger partial charge in [0, 0.05) is 15.5 Å². The Kier molecular flexibility index (Phi) is 4.52. The van der Waals surface area contributed by atoms with E-state index in [2.05, 4.69) is 31.0 Å². The highest BCUT2D eigenvalue weighted by atomic mass is 79.9. The third-order valence-electron chi connectivity index (χ3n) is 2.42. The van der Waals surface area contributed by atoms with Crippen molar-refractivity contribution in [3.05, 3.63) is 39.3 Å². The van der Waals surface area contributed by atoms with E-state index in [1.165, 1.54) is 24.6 Å². The Morgan fingerprint density at radius 3 is 2.76 bits per heavy atom. The van der Waals surface area contributed by atoms with Crippen molar-refractivity contribution in [2.75, 3.05) is 12.4 Å². The van der Waals surface area contributed by atoms with Gasteiger partial charge in [-0.25, -0.2) is 9.78 Å². The first kappa shape index (κ1) is 15.8. The molecule has 0 aliphatic heterocycles. The number of methoxy groups -OCH3 is 1. The summed E-state index contributed by atoms with van der Waals surface area (Å²) in [5, 5.41) is 4.47. The number of hydrogen-bond donors (Lipinski definition) is 1. The maximum Gasteiger partial charge on any atom is 0.417 e. The molecule has 0 fully saturated rings. The molecule has 1 heterocycles. The molecule has 0 aliphatic carbocycles. The van der Waals surface area contributed by atoms with Gasteiger partial charge in [-0.3, -0.25) is 0 Å². The van der Waals surface area contributed by atoms with E-state index < -0.39 is 17.7 Å². The van der Waals surface area contributed by atoms with Crippen LogP contribution in [0, 0.1) is 0 Å². The molecule has 0 aliphatic rings. The van der Waals surface area contributed by atoms with Gasteiger partial charge >= 0.3 is 12.1 Å². The first-order valence-corrected chi connectivity index (χ1v) is 7.16. The third kappa shape index (κ3) is 3.73. The number of rotatable bonds is 3. The highest BCUT2D eigenvalue weighted by Gasteiger charge is 2.33. The largest absolute Gasteiger partial charge is 0.464 e. The number of esters is 1. The summed E-state index contributed by atoms with van der Waals surface area (Å²) in [5.74, 6) is -0.605. The molecule has 0 unspecified atom stereocenters. The lowest BCUT2D eigenvalue weighted by atomic mass is 10.2. The van der Waals surface area contributed by atoms with Gasteiger partial charge in [-0.2, -0.15) is 13.2 Å². The molecule has 4 nitrogen and oxygen atoms in total. The number of carbonyl (C=O) groups excluding carboxylic acids is 1. The molecule has 0 saturated carbocycles. The van der Waals surface area contributed by atoms with Crippen molar-refractivity contribution >= 4 is 44.1 Å². The van der Waals surface area contributed by atoms with Gasteiger partial charge in [0.2, 0.25) is 0 Å². The summed E-state index contributed by atoms with van der Waals surface area (Å²) in [4.78, 5) is 15.2. The highest BCUT2D eigenvalue weighted by Crippen LogP contribution is 2.37. The molecule has 0 amide bonds. The van der Waals surface area contributed by atoms with Gasteiger partial charge in [-0.15, -0.1) is 11.3 Å². The molecular formula is C12H8BrF3N2O2S. The fourth-order valence-electron chi connectivity index (χ4n) is 1.47. The molecule has 0 atom stereocenters. The molecule has 0 bridgehead atoms. The van der Waals surface area contributed by atoms with Gasteiger partial charge in [-0.05, 0) is 18.2 Å². The van der Waals surface area contributed by atoms with Crippen molar-refractivity contribution in [2.45, 2.75) is 6.18 Å². The number of hydrogen-bond acceptors (Lipinski definition) is 5. The fourth-order valence-corrected chi connectivity index (χ4v) is 2.64. The van der Waals surface area contributed by atoms with Crippen LogP contribution in [-0.2, 0) is 10.9 Å². The summed E-state index contributed by atoms with van der Waals surface area (Å²) >= 11 is 3.95. The van der Waals surface area contributed by atoms with Crippen LogP contribution in [0.4, 0.5) is 24.0 Å². The van der Waals surface area contributed by atoms with Crippen LogP contribution in [-0.4, -0.2) is 18.1 Å². The van der Waals surface area contributed by atoms with Gasteiger partial charge in [0.05, 0.1) is 12.7 Å². The molecule has 2 rings (SSSR count). The summed E-state index contributed by atoms with van der Waals surface area (Å²) in [6, 6.07) is 3.72. The van der Waals surface area contributed by atoms with Crippen LogP contribution in [0.15, 0.2) is 28.1 Å². The summed E-state index contributed by atoms with van der Waals surface area (Å²) in [7, 11) is 1.22. The van der Waals surface area contributed by atoms with Gasteiger partial charge in [0.1, 0.15) is 0 Å². The predicted molar refractivity (Wildman–Crippen MR) is 75.9 cm³/mol. The number of ether oxygens (including phenoxy) is 1. The lowest BCUT2D eigenvalue weighted by Crippen LogP contribution is -2.06. The standard InChI is InChI=1S/C12H8BrF3N2O2S/c1-20-10(19)9-5-21-11(18-9)17-6-2-3-8(13)7(4-6)12(14,15)16/h2-5H,1H3,(H,17,18). The number of nitrogens with one attached hydrogen (secondary N) is 1. The molecule has 0 spiro atoms. The molecular weight excluding hydrogens is 373 g/mol. The van der Waals surface area contributed by atoms with E-state index >= 15 is 0 Å². The van der Waals surface area contributed by atoms with Crippen molar-refractivity contribution in [3.8, 4) is 0 Å². The smallest absolute Gasteiger partial charge is 0.417 e. The number of nitrogens with zero attached hydrogens (tertiary/aromatic N) is 1. The van der Waals surface area contributed by atoms with Crippen molar-refractivity contribution in [2.24, 2.45) is 0 Å². The number of anilines is 2. The summed E-state index contributed by atoms with van der Waals surface area (Å²) in [6.07, 6.45) is -4.46. The van der Waals surface area contributed by atoms with E-state index in [9.17, 15) is 18.0 Å². The van der Waals surface area contributed by atoms with Crippen LogP contribution in [0.2, 0.25) is 0 Å². The third-order valence-corrected chi connectivity index (χ3v) is 3.87. The molecule has 9 heteroatoms. The average Bonchev–Trinajstić information content (AvgIpc) is 2.87. The Labute approximate surface area is 130 Å². The lowest BCUT2D eigenvalue weighted by molar-refractivity contribution is -0.138. The van der Waals surface area contributed by atoms with Crippen LogP contribution < -0.4 is 5.32 Å². The molecule has 112 valence electrons. The zero-order chi connectivity index (χ0) is 15.6. The van der Waals surface area contributed by atoms with Crippen LogP contribution >= 0.6 is 27.3 Å². The quantitative estimate of drug-likeness (QED) is 0.798. The zero-order valence-corrected chi connectivity index (χ0v) is 12.9. The summed E-state index contributed by atoms with van der Waals surface area (Å²) in [6.45, 7) is 0. The minimum absolute atomic E-state index is 0.0464. The Morgan fingerprint density at radius 2 is 2.14 bits per heavy atom. The summed E-state index contributed by atoms with van der Waals surface area (Å²) < 4.78 is 42.8. The highest BCUT2D eigenvalue weighted by molar-refractivity contribution is 9.10. The SMILES string of the molecule is COC(=O)c1csc(Nc2ccc(Br)c(C(F)(F)F)c2)n1. The van der Waals surface area contributed by atoms with E-state index in [4.69, 9.17) is 0 Å². The molecule has 1 aromatic heterocycles. The van der Waals surface area contributed by atoms with E-state index in [1.54, 1.807) is 0 Å². The number of halogens is 4. The Balaban J connectivity index is 2.24. The normalized spacial score (nSPS) is 11.3. The zero-order valence-electron chi connectivity index (χ0n) is 10.5. The maximum absolute atomic E-state index is 12.8. The number of carbonyl (C=O) groups is 1. The first-order chi connectivity index (χ1) is 9.81. The van der Waals surface area contributed by atoms with Crippen LogP contribution in [0.25, 0.3) is 0 Å². The van der Waals surface area contributed by atoms with E-state index in [1.807, 2.05) is 0 Å². The van der Waals surface area contributed by atoms with Crippen molar-refractivity contribution in [1.82, 2.24) is 4.98 Å². The van der Waals surface area contributed by atoms with E-state index in [0.717, 1.165) is 17.4 Å². The Hall–Kier alpha value is -1.61. The topological polar surface area (TPSA) is 51.2 Å². The van der Waals surface area contributed by atoms with Gasteiger partial charge in [-0.1, -0.05) is 15.9 Å². The number of benzene rings is 1.